The van der Waals surface area contributed by atoms with E-state index in [1.54, 1.807) is 6.92 Å². The Kier molecular flexibility index (Phi) is 2.72. The maximum atomic E-state index is 11.6. The van der Waals surface area contributed by atoms with Gasteiger partial charge in [-0.05, 0) is 18.6 Å². The molecular formula is C10H13N5O. The van der Waals surface area contributed by atoms with Gasteiger partial charge in [0.2, 0.25) is 5.82 Å². The molecule has 0 bridgehead atoms. The van der Waals surface area contributed by atoms with Gasteiger partial charge in [0.05, 0.1) is 0 Å². The predicted octanol–water partition coefficient (Wildman–Crippen LogP) is 0.382. The number of nitrogens with one attached hydrogen (secondary N) is 2. The summed E-state index contributed by atoms with van der Waals surface area (Å²) in [5.74, 6) is 0.534. The van der Waals surface area contributed by atoms with Crippen LogP contribution < -0.4 is 5.32 Å². The van der Waals surface area contributed by atoms with Gasteiger partial charge >= 0.3 is 0 Å². The molecule has 0 aliphatic heterocycles. The highest BCUT2D eigenvalue weighted by Crippen LogP contribution is 1.99. The Morgan fingerprint density at radius 3 is 3.00 bits per heavy atom. The lowest BCUT2D eigenvalue weighted by Crippen LogP contribution is -2.23. The van der Waals surface area contributed by atoms with E-state index in [-0.39, 0.29) is 11.7 Å². The molecule has 0 aliphatic carbocycles. The largest absolute Gasteiger partial charge is 0.357 e. The average molecular weight is 219 g/mol. The smallest absolute Gasteiger partial charge is 0.291 e. The van der Waals surface area contributed by atoms with Crippen molar-refractivity contribution in [3.63, 3.8) is 0 Å². The zero-order valence-electron chi connectivity index (χ0n) is 9.19. The number of aryl methyl sites for hydroxylation is 2. The molecule has 0 saturated carbocycles. The van der Waals surface area contributed by atoms with Crippen LogP contribution in [-0.2, 0) is 13.6 Å². The van der Waals surface area contributed by atoms with Gasteiger partial charge in [0.15, 0.2) is 0 Å². The van der Waals surface area contributed by atoms with Gasteiger partial charge in [-0.3, -0.25) is 9.89 Å². The fraction of sp³-hybridized carbons (Fsp3) is 0.300. The van der Waals surface area contributed by atoms with Crippen LogP contribution in [0.4, 0.5) is 0 Å². The number of amides is 1. The number of nitrogens with zero attached hydrogens (tertiary/aromatic N) is 3. The summed E-state index contributed by atoms with van der Waals surface area (Å²) in [5, 5.41) is 9.15. The van der Waals surface area contributed by atoms with E-state index in [9.17, 15) is 4.79 Å². The number of hydrogen-bond donors (Lipinski definition) is 2. The Morgan fingerprint density at radius 2 is 2.44 bits per heavy atom. The molecule has 0 aromatic carbocycles. The number of rotatable bonds is 3. The number of carbonyl (C=O) groups is 1. The van der Waals surface area contributed by atoms with Crippen LogP contribution in [0.1, 0.15) is 22.0 Å². The van der Waals surface area contributed by atoms with Gasteiger partial charge in [0.25, 0.3) is 5.91 Å². The number of hydrogen-bond acceptors (Lipinski definition) is 3. The molecule has 6 nitrogen and oxygen atoms in total. The van der Waals surface area contributed by atoms with Crippen molar-refractivity contribution in [3.05, 3.63) is 35.7 Å². The molecule has 0 atom stereocenters. The van der Waals surface area contributed by atoms with E-state index in [2.05, 4.69) is 20.5 Å². The van der Waals surface area contributed by atoms with Crippen LogP contribution in [0.15, 0.2) is 18.5 Å². The van der Waals surface area contributed by atoms with Gasteiger partial charge < -0.3 is 9.88 Å². The van der Waals surface area contributed by atoms with Crippen molar-refractivity contribution in [1.29, 1.82) is 0 Å². The van der Waals surface area contributed by atoms with Gasteiger partial charge in [0.1, 0.15) is 5.82 Å². The molecule has 0 spiro atoms. The summed E-state index contributed by atoms with van der Waals surface area (Å²) in [4.78, 5) is 15.5. The molecule has 84 valence electrons. The third-order valence-electron chi connectivity index (χ3n) is 2.15. The predicted molar refractivity (Wildman–Crippen MR) is 57.7 cm³/mol. The maximum absolute atomic E-state index is 11.6. The third-order valence-corrected chi connectivity index (χ3v) is 2.15. The number of aromatic amines is 1. The Balaban J connectivity index is 1.93. The van der Waals surface area contributed by atoms with Crippen LogP contribution in [0.5, 0.6) is 0 Å². The molecule has 0 radical (unpaired) electrons. The van der Waals surface area contributed by atoms with Gasteiger partial charge in [-0.2, -0.15) is 0 Å². The summed E-state index contributed by atoms with van der Waals surface area (Å²) in [5.41, 5.74) is 1.04. The highest BCUT2D eigenvalue weighted by molar-refractivity contribution is 5.90. The number of aromatic nitrogens is 4. The van der Waals surface area contributed by atoms with E-state index in [1.165, 1.54) is 0 Å². The lowest BCUT2D eigenvalue weighted by molar-refractivity contribution is 0.0941. The summed E-state index contributed by atoms with van der Waals surface area (Å²) >= 11 is 0. The molecule has 2 aromatic rings. The van der Waals surface area contributed by atoms with Crippen LogP contribution in [0.3, 0.4) is 0 Å². The zero-order chi connectivity index (χ0) is 11.5. The van der Waals surface area contributed by atoms with Crippen molar-refractivity contribution >= 4 is 5.91 Å². The monoisotopic (exact) mass is 219 g/mol. The van der Waals surface area contributed by atoms with E-state index in [0.29, 0.717) is 12.4 Å². The van der Waals surface area contributed by atoms with Gasteiger partial charge in [0, 0.05) is 26.0 Å². The Morgan fingerprint density at radius 1 is 1.62 bits per heavy atom. The Bertz CT molecular complexity index is 499. The third kappa shape index (κ3) is 2.28. The molecule has 0 aliphatic rings. The van der Waals surface area contributed by atoms with Gasteiger partial charge in [-0.1, -0.05) is 0 Å². The van der Waals surface area contributed by atoms with Crippen LogP contribution in [0, 0.1) is 6.92 Å². The molecule has 0 unspecified atom stereocenters. The van der Waals surface area contributed by atoms with E-state index in [1.807, 2.05) is 30.1 Å². The average Bonchev–Trinajstić information content (AvgIpc) is 2.84. The van der Waals surface area contributed by atoms with Gasteiger partial charge in [-0.15, -0.1) is 5.10 Å². The van der Waals surface area contributed by atoms with Crippen molar-refractivity contribution in [2.45, 2.75) is 13.5 Å². The second-order valence-corrected chi connectivity index (χ2v) is 3.61. The van der Waals surface area contributed by atoms with Crippen LogP contribution in [0.25, 0.3) is 0 Å². The van der Waals surface area contributed by atoms with Crippen molar-refractivity contribution in [2.24, 2.45) is 7.05 Å². The lowest BCUT2D eigenvalue weighted by Gasteiger charge is -1.99. The summed E-state index contributed by atoms with van der Waals surface area (Å²) in [6.07, 6.45) is 3.88. The molecule has 2 rings (SSSR count). The minimum Gasteiger partial charge on any atom is -0.357 e. The van der Waals surface area contributed by atoms with E-state index >= 15 is 0 Å². The molecule has 16 heavy (non-hydrogen) atoms. The minimum absolute atomic E-state index is 0.174. The highest BCUT2D eigenvalue weighted by atomic mass is 16.2. The molecule has 2 aromatic heterocycles. The topological polar surface area (TPSA) is 75.6 Å². The van der Waals surface area contributed by atoms with Crippen molar-refractivity contribution in [1.82, 2.24) is 25.1 Å². The summed E-state index contributed by atoms with van der Waals surface area (Å²) in [6, 6.07) is 1.95. The fourth-order valence-electron chi connectivity index (χ4n) is 1.37. The molecule has 2 heterocycles. The highest BCUT2D eigenvalue weighted by Gasteiger charge is 2.10. The molecule has 1 amide bonds. The normalized spacial score (nSPS) is 10.4. The first kappa shape index (κ1) is 10.4. The second kappa shape index (κ2) is 4.18. The minimum atomic E-state index is -0.270. The standard InChI is InChI=1S/C10H13N5O/c1-7-12-9(14-13-7)10(16)11-5-8-3-4-15(2)6-8/h3-4,6H,5H2,1-2H3,(H,11,16)(H,12,13,14). The maximum Gasteiger partial charge on any atom is 0.291 e. The second-order valence-electron chi connectivity index (χ2n) is 3.61. The SMILES string of the molecule is Cc1nc(C(=O)NCc2ccn(C)c2)n[nH]1. The van der Waals surface area contributed by atoms with Crippen molar-refractivity contribution in [3.8, 4) is 0 Å². The van der Waals surface area contributed by atoms with Crippen LogP contribution >= 0.6 is 0 Å². The molecule has 0 saturated heterocycles. The molecule has 2 N–H and O–H groups in total. The Hall–Kier alpha value is -2.11. The fourth-order valence-corrected chi connectivity index (χ4v) is 1.37. The molecular weight excluding hydrogens is 206 g/mol. The molecule has 0 fully saturated rings. The lowest BCUT2D eigenvalue weighted by atomic mass is 10.3. The van der Waals surface area contributed by atoms with E-state index in [0.717, 1.165) is 5.56 Å². The summed E-state index contributed by atoms with van der Waals surface area (Å²) in [7, 11) is 1.93. The molecule has 6 heteroatoms. The first-order chi connectivity index (χ1) is 7.65. The van der Waals surface area contributed by atoms with Crippen molar-refractivity contribution < 1.29 is 4.79 Å². The first-order valence-electron chi connectivity index (χ1n) is 4.93. The summed E-state index contributed by atoms with van der Waals surface area (Å²) < 4.78 is 1.93. The van der Waals surface area contributed by atoms with Gasteiger partial charge in [-0.25, -0.2) is 4.98 Å². The van der Waals surface area contributed by atoms with Crippen LogP contribution in [0.2, 0.25) is 0 Å². The Labute approximate surface area is 92.7 Å². The van der Waals surface area contributed by atoms with E-state index in [4.69, 9.17) is 0 Å². The van der Waals surface area contributed by atoms with Crippen LogP contribution in [-0.4, -0.2) is 25.7 Å². The summed E-state index contributed by atoms with van der Waals surface area (Å²) in [6.45, 7) is 2.23. The number of carbonyl (C=O) groups excluding carboxylic acids is 1. The number of H-pyrrole nitrogens is 1. The quantitative estimate of drug-likeness (QED) is 0.783. The van der Waals surface area contributed by atoms with Crippen molar-refractivity contribution in [2.75, 3.05) is 0 Å². The zero-order valence-corrected chi connectivity index (χ0v) is 9.19. The first-order valence-corrected chi connectivity index (χ1v) is 4.93. The van der Waals surface area contributed by atoms with E-state index < -0.39 is 0 Å².